The second-order valence-electron chi connectivity index (χ2n) is 5.43. The number of hydrazone groups is 1. The number of rotatable bonds is 5. The van der Waals surface area contributed by atoms with Crippen LogP contribution in [0.5, 0.6) is 0 Å². The molecular formula is C15H19BrN2O3S. The fourth-order valence-corrected chi connectivity index (χ4v) is 4.75. The molecule has 0 radical (unpaired) electrons. The minimum Gasteiger partial charge on any atom is -0.273 e. The molecule has 1 aromatic rings. The van der Waals surface area contributed by atoms with Crippen LogP contribution in [0, 0.1) is 5.92 Å². The maximum absolute atomic E-state index is 11.9. The molecule has 120 valence electrons. The summed E-state index contributed by atoms with van der Waals surface area (Å²) in [6.45, 7) is 1.97. The second kappa shape index (κ2) is 7.37. The third kappa shape index (κ3) is 4.91. The fraction of sp³-hybridized carbons (Fsp3) is 0.467. The van der Waals surface area contributed by atoms with E-state index in [9.17, 15) is 13.2 Å². The summed E-state index contributed by atoms with van der Waals surface area (Å²) in [5.41, 5.74) is 4.28. The van der Waals surface area contributed by atoms with Crippen molar-refractivity contribution in [1.82, 2.24) is 5.43 Å². The molecule has 5 nitrogen and oxygen atoms in total. The number of amides is 1. The van der Waals surface area contributed by atoms with Gasteiger partial charge < -0.3 is 0 Å². The number of carbonyl (C=O) groups is 1. The van der Waals surface area contributed by atoms with E-state index in [1.165, 1.54) is 0 Å². The van der Waals surface area contributed by atoms with E-state index in [0.717, 1.165) is 15.7 Å². The number of nitrogens with one attached hydrogen (secondary N) is 1. The Kier molecular flexibility index (Phi) is 5.74. The number of halogens is 1. The van der Waals surface area contributed by atoms with Crippen molar-refractivity contribution in [3.05, 3.63) is 34.3 Å². The molecule has 0 spiro atoms. The van der Waals surface area contributed by atoms with Gasteiger partial charge in [-0.25, -0.2) is 13.8 Å². The molecular weight excluding hydrogens is 368 g/mol. The number of nitrogens with zero attached hydrogens (tertiary/aromatic N) is 1. The van der Waals surface area contributed by atoms with Gasteiger partial charge in [0.2, 0.25) is 5.91 Å². The summed E-state index contributed by atoms with van der Waals surface area (Å²) in [5, 5.41) is 4.18. The quantitative estimate of drug-likeness (QED) is 0.623. The van der Waals surface area contributed by atoms with Gasteiger partial charge in [0.15, 0.2) is 9.84 Å². The predicted octanol–water partition coefficient (Wildman–Crippen LogP) is 2.50. The van der Waals surface area contributed by atoms with E-state index < -0.39 is 9.84 Å². The Balaban J connectivity index is 1.96. The van der Waals surface area contributed by atoms with Gasteiger partial charge in [0.1, 0.15) is 0 Å². The highest BCUT2D eigenvalue weighted by Crippen LogP contribution is 2.21. The molecule has 0 unspecified atom stereocenters. The molecule has 7 heteroatoms. The van der Waals surface area contributed by atoms with Gasteiger partial charge in [-0.15, -0.1) is 0 Å². The number of carbonyl (C=O) groups excluding carboxylic acids is 1. The Morgan fingerprint density at radius 2 is 2.23 bits per heavy atom. The highest BCUT2D eigenvalue weighted by molar-refractivity contribution is 9.10. The molecule has 1 amide bonds. The van der Waals surface area contributed by atoms with Crippen LogP contribution >= 0.6 is 15.9 Å². The van der Waals surface area contributed by atoms with Crippen molar-refractivity contribution in [2.24, 2.45) is 11.0 Å². The third-order valence-corrected chi connectivity index (χ3v) is 5.94. The van der Waals surface area contributed by atoms with Crippen LogP contribution in [0.1, 0.15) is 31.7 Å². The van der Waals surface area contributed by atoms with Gasteiger partial charge in [-0.1, -0.05) is 35.0 Å². The van der Waals surface area contributed by atoms with Crippen molar-refractivity contribution in [2.75, 3.05) is 11.5 Å². The first-order chi connectivity index (χ1) is 10.4. The SMILES string of the molecule is CC/C(=N/NC(=O)C[C@H]1CCS(=O)(=O)C1)c1cccc(Br)c1. The van der Waals surface area contributed by atoms with Crippen LogP contribution in [0.3, 0.4) is 0 Å². The first-order valence-corrected chi connectivity index (χ1v) is 9.83. The van der Waals surface area contributed by atoms with Crippen molar-refractivity contribution in [2.45, 2.75) is 26.2 Å². The van der Waals surface area contributed by atoms with Crippen LogP contribution in [0.2, 0.25) is 0 Å². The molecule has 0 bridgehead atoms. The van der Waals surface area contributed by atoms with Crippen LogP contribution in [0.25, 0.3) is 0 Å². The van der Waals surface area contributed by atoms with E-state index in [0.29, 0.717) is 12.8 Å². The largest absolute Gasteiger partial charge is 0.273 e. The van der Waals surface area contributed by atoms with Crippen molar-refractivity contribution in [3.63, 3.8) is 0 Å². The van der Waals surface area contributed by atoms with Gasteiger partial charge in [0, 0.05) is 10.9 Å². The lowest BCUT2D eigenvalue weighted by Crippen LogP contribution is -2.23. The van der Waals surface area contributed by atoms with Crippen LogP contribution in [-0.2, 0) is 14.6 Å². The normalized spacial score (nSPS) is 20.8. The van der Waals surface area contributed by atoms with Crippen LogP contribution in [-0.4, -0.2) is 31.5 Å². The van der Waals surface area contributed by atoms with E-state index in [-0.39, 0.29) is 29.8 Å². The Morgan fingerprint density at radius 3 is 2.82 bits per heavy atom. The Bertz CT molecular complexity index is 686. The monoisotopic (exact) mass is 386 g/mol. The molecule has 1 atom stereocenters. The molecule has 0 aliphatic carbocycles. The zero-order chi connectivity index (χ0) is 16.2. The Hall–Kier alpha value is -1.21. The van der Waals surface area contributed by atoms with Crippen LogP contribution in [0.15, 0.2) is 33.8 Å². The zero-order valence-corrected chi connectivity index (χ0v) is 14.8. The van der Waals surface area contributed by atoms with E-state index in [2.05, 4.69) is 26.5 Å². The highest BCUT2D eigenvalue weighted by Gasteiger charge is 2.29. The number of hydrogen-bond donors (Lipinski definition) is 1. The average molecular weight is 387 g/mol. The molecule has 1 N–H and O–H groups in total. The first kappa shape index (κ1) is 17.1. The van der Waals surface area contributed by atoms with E-state index >= 15 is 0 Å². The molecule has 2 rings (SSSR count). The van der Waals surface area contributed by atoms with Gasteiger partial charge in [-0.3, -0.25) is 4.79 Å². The van der Waals surface area contributed by atoms with Crippen molar-refractivity contribution < 1.29 is 13.2 Å². The summed E-state index contributed by atoms with van der Waals surface area (Å²) >= 11 is 3.41. The molecule has 1 heterocycles. The maximum Gasteiger partial charge on any atom is 0.240 e. The molecule has 1 aliphatic rings. The summed E-state index contributed by atoms with van der Waals surface area (Å²) in [6, 6.07) is 7.71. The molecule has 0 saturated carbocycles. The van der Waals surface area contributed by atoms with Gasteiger partial charge in [0.25, 0.3) is 0 Å². The van der Waals surface area contributed by atoms with Crippen LogP contribution < -0.4 is 5.43 Å². The fourth-order valence-electron chi connectivity index (χ4n) is 2.49. The van der Waals surface area contributed by atoms with Gasteiger partial charge >= 0.3 is 0 Å². The first-order valence-electron chi connectivity index (χ1n) is 7.21. The molecule has 1 aromatic carbocycles. The van der Waals surface area contributed by atoms with Crippen LogP contribution in [0.4, 0.5) is 0 Å². The minimum absolute atomic E-state index is 0.0869. The van der Waals surface area contributed by atoms with Crippen molar-refractivity contribution in [1.29, 1.82) is 0 Å². The lowest BCUT2D eigenvalue weighted by Gasteiger charge is -2.08. The molecule has 1 fully saturated rings. The highest BCUT2D eigenvalue weighted by atomic mass is 79.9. The summed E-state index contributed by atoms with van der Waals surface area (Å²) < 4.78 is 23.7. The van der Waals surface area contributed by atoms with Crippen molar-refractivity contribution >= 4 is 37.4 Å². The lowest BCUT2D eigenvalue weighted by molar-refractivity contribution is -0.121. The third-order valence-electron chi connectivity index (χ3n) is 3.61. The van der Waals surface area contributed by atoms with Crippen molar-refractivity contribution in [3.8, 4) is 0 Å². The maximum atomic E-state index is 11.9. The number of benzene rings is 1. The lowest BCUT2D eigenvalue weighted by atomic mass is 10.1. The minimum atomic E-state index is -2.95. The van der Waals surface area contributed by atoms with E-state index in [1.54, 1.807) is 0 Å². The Morgan fingerprint density at radius 1 is 1.45 bits per heavy atom. The summed E-state index contributed by atoms with van der Waals surface area (Å²) in [5.74, 6) is -0.0257. The molecule has 0 aromatic heterocycles. The average Bonchev–Trinajstić information content (AvgIpc) is 2.78. The number of hydrogen-bond acceptors (Lipinski definition) is 4. The standard InChI is InChI=1S/C15H19BrN2O3S/c1-2-14(12-4-3-5-13(16)9-12)17-18-15(19)8-11-6-7-22(20,21)10-11/h3-5,9,11H,2,6-8,10H2,1H3,(H,18,19)/b17-14-/t11-/m1/s1. The van der Waals surface area contributed by atoms with Gasteiger partial charge in [-0.05, 0) is 36.5 Å². The zero-order valence-electron chi connectivity index (χ0n) is 12.4. The number of sulfone groups is 1. The second-order valence-corrected chi connectivity index (χ2v) is 8.57. The molecule has 1 saturated heterocycles. The molecule has 1 aliphatic heterocycles. The van der Waals surface area contributed by atoms with Gasteiger partial charge in [0.05, 0.1) is 17.2 Å². The predicted molar refractivity (Wildman–Crippen MR) is 90.5 cm³/mol. The summed E-state index contributed by atoms with van der Waals surface area (Å²) in [7, 11) is -2.95. The molecule has 22 heavy (non-hydrogen) atoms. The Labute approximate surface area is 139 Å². The summed E-state index contributed by atoms with van der Waals surface area (Å²) in [4.78, 5) is 11.9. The topological polar surface area (TPSA) is 75.6 Å². The summed E-state index contributed by atoms with van der Waals surface area (Å²) in [6.07, 6.45) is 1.46. The van der Waals surface area contributed by atoms with E-state index in [1.807, 2.05) is 31.2 Å². The van der Waals surface area contributed by atoms with E-state index in [4.69, 9.17) is 0 Å². The smallest absolute Gasteiger partial charge is 0.240 e. The van der Waals surface area contributed by atoms with Gasteiger partial charge in [-0.2, -0.15) is 5.10 Å².